The van der Waals surface area contributed by atoms with Crippen molar-refractivity contribution in [3.05, 3.63) is 48.1 Å². The Labute approximate surface area is 281 Å². The van der Waals surface area contributed by atoms with Gasteiger partial charge in [-0.25, -0.2) is 0 Å². The minimum Gasteiger partial charge on any atom is -0.481 e. The number of unbranched alkanes of at least 4 members (excludes halogenated alkanes) is 12. The maximum absolute atomic E-state index is 12.2. The van der Waals surface area contributed by atoms with E-state index in [1.807, 2.05) is 18.2 Å². The summed E-state index contributed by atoms with van der Waals surface area (Å²) >= 11 is 0. The maximum Gasteiger partial charge on any atom is 0.303 e. The van der Waals surface area contributed by atoms with Gasteiger partial charge in [-0.3, -0.25) is 14.4 Å². The van der Waals surface area contributed by atoms with Crippen LogP contribution in [0.15, 0.2) is 48.1 Å². The van der Waals surface area contributed by atoms with Crippen LogP contribution in [-0.4, -0.2) is 35.2 Å². The second kappa shape index (κ2) is 26.4. The highest BCUT2D eigenvalue weighted by Crippen LogP contribution is 2.46. The molecular formula is C40H66O6. The zero-order valence-corrected chi connectivity index (χ0v) is 29.7. The lowest BCUT2D eigenvalue weighted by Gasteiger charge is -2.35. The molecule has 0 bridgehead atoms. The van der Waals surface area contributed by atoms with Gasteiger partial charge in [-0.15, -0.1) is 0 Å². The molecule has 6 heteroatoms. The van der Waals surface area contributed by atoms with Crippen LogP contribution >= 0.6 is 0 Å². The first kappa shape index (κ1) is 41.4. The summed E-state index contributed by atoms with van der Waals surface area (Å²) in [5.74, 6) is -1.41. The van der Waals surface area contributed by atoms with E-state index in [0.29, 0.717) is 12.8 Å². The Balaban J connectivity index is 3.13. The van der Waals surface area contributed by atoms with Crippen molar-refractivity contribution in [1.82, 2.24) is 0 Å². The van der Waals surface area contributed by atoms with Gasteiger partial charge in [0.2, 0.25) is 0 Å². The lowest BCUT2D eigenvalue weighted by Crippen LogP contribution is -2.35. The number of esters is 2. The van der Waals surface area contributed by atoms with E-state index in [2.05, 4.69) is 38.2 Å². The summed E-state index contributed by atoms with van der Waals surface area (Å²) in [6.07, 6.45) is 37.1. The van der Waals surface area contributed by atoms with Gasteiger partial charge in [0.25, 0.3) is 0 Å². The number of carbonyl (C=O) groups is 3. The van der Waals surface area contributed by atoms with Gasteiger partial charge >= 0.3 is 17.9 Å². The first-order chi connectivity index (χ1) is 22.2. The molecule has 1 aliphatic rings. The number of hydrogen-bond donors (Lipinski definition) is 1. The number of carboxylic acid groups (broad SMARTS) is 1. The van der Waals surface area contributed by atoms with Crippen LogP contribution in [-0.2, 0) is 23.9 Å². The Kier molecular flexibility index (Phi) is 23.8. The summed E-state index contributed by atoms with van der Waals surface area (Å²) in [4.78, 5) is 35.1. The Morgan fingerprint density at radius 3 is 1.89 bits per heavy atom. The van der Waals surface area contributed by atoms with Gasteiger partial charge in [-0.05, 0) is 63.0 Å². The summed E-state index contributed by atoms with van der Waals surface area (Å²) in [6, 6.07) is 0. The van der Waals surface area contributed by atoms with E-state index in [0.717, 1.165) is 56.9 Å². The van der Waals surface area contributed by atoms with Crippen LogP contribution in [0.25, 0.3) is 0 Å². The molecule has 0 amide bonds. The fraction of sp³-hybridized carbons (Fsp3) is 0.725. The van der Waals surface area contributed by atoms with E-state index in [1.54, 1.807) is 0 Å². The Hall–Kier alpha value is -2.63. The van der Waals surface area contributed by atoms with Crippen molar-refractivity contribution >= 4 is 17.9 Å². The van der Waals surface area contributed by atoms with Gasteiger partial charge in [0, 0.05) is 25.7 Å². The van der Waals surface area contributed by atoms with Crippen LogP contribution in [0, 0.1) is 5.41 Å². The Bertz CT molecular complexity index is 953. The lowest BCUT2D eigenvalue weighted by atomic mass is 9.76. The van der Waals surface area contributed by atoms with Gasteiger partial charge in [0.1, 0.15) is 12.2 Å². The number of rotatable bonds is 27. The van der Waals surface area contributed by atoms with Crippen LogP contribution in [0.5, 0.6) is 0 Å². The molecule has 0 radical (unpaired) electrons. The van der Waals surface area contributed by atoms with E-state index in [9.17, 15) is 19.5 Å². The van der Waals surface area contributed by atoms with Crippen molar-refractivity contribution in [3.8, 4) is 0 Å². The third-order valence-electron chi connectivity index (χ3n) is 8.96. The molecule has 0 aromatic carbocycles. The predicted octanol–water partition coefficient (Wildman–Crippen LogP) is 11.2. The van der Waals surface area contributed by atoms with Gasteiger partial charge in [-0.2, -0.15) is 0 Å². The first-order valence-corrected chi connectivity index (χ1v) is 18.5. The zero-order valence-electron chi connectivity index (χ0n) is 29.7. The molecule has 0 saturated heterocycles. The van der Waals surface area contributed by atoms with E-state index >= 15 is 0 Å². The monoisotopic (exact) mass is 642 g/mol. The molecule has 0 spiro atoms. The number of ether oxygens (including phenoxy) is 2. The fourth-order valence-corrected chi connectivity index (χ4v) is 6.51. The van der Waals surface area contributed by atoms with Crippen LogP contribution in [0.2, 0.25) is 0 Å². The maximum atomic E-state index is 12.2. The topological polar surface area (TPSA) is 89.9 Å². The number of carbonyl (C=O) groups excluding carboxylic acids is 2. The molecule has 0 heterocycles. The van der Waals surface area contributed by atoms with Gasteiger partial charge in [0.05, 0.1) is 0 Å². The molecule has 1 rings (SSSR count). The molecule has 0 aromatic rings. The molecule has 2 unspecified atom stereocenters. The molecule has 1 aliphatic carbocycles. The van der Waals surface area contributed by atoms with Crippen LogP contribution in [0.1, 0.15) is 169 Å². The van der Waals surface area contributed by atoms with E-state index < -0.39 is 5.97 Å². The summed E-state index contributed by atoms with van der Waals surface area (Å²) in [6.45, 7) is 7.37. The van der Waals surface area contributed by atoms with Gasteiger partial charge < -0.3 is 14.6 Å². The fourth-order valence-electron chi connectivity index (χ4n) is 6.51. The van der Waals surface area contributed by atoms with Crippen molar-refractivity contribution in [2.45, 2.75) is 181 Å². The zero-order chi connectivity index (χ0) is 33.9. The van der Waals surface area contributed by atoms with Crippen molar-refractivity contribution in [3.63, 3.8) is 0 Å². The van der Waals surface area contributed by atoms with Crippen LogP contribution in [0.3, 0.4) is 0 Å². The van der Waals surface area contributed by atoms with Crippen LogP contribution in [0.4, 0.5) is 0 Å². The second-order valence-corrected chi connectivity index (χ2v) is 13.2. The number of allylic oxidation sites excluding steroid dienone is 6. The minimum absolute atomic E-state index is 0.0652. The highest BCUT2D eigenvalue weighted by Gasteiger charge is 2.41. The second-order valence-electron chi connectivity index (χ2n) is 13.2. The molecule has 0 aromatic heterocycles. The average molecular weight is 643 g/mol. The molecule has 6 nitrogen and oxygen atoms in total. The molecule has 2 atom stereocenters. The van der Waals surface area contributed by atoms with Crippen molar-refractivity contribution in [1.29, 1.82) is 0 Å². The molecular weight excluding hydrogens is 576 g/mol. The SMILES string of the molecule is CCCCCCCCCC=CC(C=CC=CC(CCCCCCCC)OC(C)=O)=CC1(C(CCCC(=O)O)OC(C)=O)CCCC1. The third kappa shape index (κ3) is 20.5. The van der Waals surface area contributed by atoms with E-state index in [4.69, 9.17) is 9.47 Å². The summed E-state index contributed by atoms with van der Waals surface area (Å²) < 4.78 is 11.5. The standard InChI is InChI=1S/C40H66O6/c1-5-7-9-11-13-14-15-16-18-25-36(26-20-21-28-37(45-34(3)41)27-19-17-12-10-8-6-2)33-40(31-22-23-32-40)38(46-35(4)42)29-24-30-39(43)44/h18,20-21,25-26,28,33,37-38H,5-17,19,22-24,27,29-32H2,1-4H3,(H,43,44). The Morgan fingerprint density at radius 2 is 1.30 bits per heavy atom. The molecule has 1 saturated carbocycles. The van der Waals surface area contributed by atoms with E-state index in [-0.39, 0.29) is 36.0 Å². The molecule has 1 N–H and O–H groups in total. The Morgan fingerprint density at radius 1 is 0.717 bits per heavy atom. The summed E-state index contributed by atoms with van der Waals surface area (Å²) in [5, 5.41) is 9.22. The summed E-state index contributed by atoms with van der Waals surface area (Å²) in [5.41, 5.74) is 0.736. The molecule has 262 valence electrons. The normalized spacial score (nSPS) is 16.4. The molecule has 0 aliphatic heterocycles. The van der Waals surface area contributed by atoms with Crippen molar-refractivity contribution in [2.24, 2.45) is 5.41 Å². The highest BCUT2D eigenvalue weighted by molar-refractivity contribution is 5.67. The number of aliphatic carboxylic acids is 1. The highest BCUT2D eigenvalue weighted by atomic mass is 16.5. The third-order valence-corrected chi connectivity index (χ3v) is 8.96. The van der Waals surface area contributed by atoms with Gasteiger partial charge in [0.15, 0.2) is 0 Å². The number of hydrogen-bond acceptors (Lipinski definition) is 5. The summed E-state index contributed by atoms with van der Waals surface area (Å²) in [7, 11) is 0. The van der Waals surface area contributed by atoms with Gasteiger partial charge in [-0.1, -0.05) is 134 Å². The minimum atomic E-state index is -0.829. The van der Waals surface area contributed by atoms with Crippen LogP contribution < -0.4 is 0 Å². The predicted molar refractivity (Wildman–Crippen MR) is 190 cm³/mol. The lowest BCUT2D eigenvalue weighted by molar-refractivity contribution is -0.152. The molecule has 46 heavy (non-hydrogen) atoms. The first-order valence-electron chi connectivity index (χ1n) is 18.5. The quantitative estimate of drug-likeness (QED) is 0.0545. The number of carboxylic acids is 1. The largest absolute Gasteiger partial charge is 0.481 e. The van der Waals surface area contributed by atoms with Crippen molar-refractivity contribution in [2.75, 3.05) is 0 Å². The van der Waals surface area contributed by atoms with E-state index in [1.165, 1.54) is 84.5 Å². The average Bonchev–Trinajstić information content (AvgIpc) is 3.48. The molecule has 1 fully saturated rings. The smallest absolute Gasteiger partial charge is 0.303 e. The van der Waals surface area contributed by atoms with Crippen molar-refractivity contribution < 1.29 is 29.0 Å².